The molecule has 0 aliphatic heterocycles. The van der Waals surface area contributed by atoms with Crippen molar-refractivity contribution >= 4 is 27.8 Å². The van der Waals surface area contributed by atoms with Gasteiger partial charge in [0.25, 0.3) is 0 Å². The first-order valence-electron chi connectivity index (χ1n) is 8.88. The fourth-order valence-corrected chi connectivity index (χ4v) is 3.26. The molecular formula is C19H23F3N4O. The smallest absolute Gasteiger partial charge is 0.389 e. The second kappa shape index (κ2) is 6.99. The average Bonchev–Trinajstić information content (AvgIpc) is 2.88. The van der Waals surface area contributed by atoms with Gasteiger partial charge in [0, 0.05) is 18.2 Å². The number of aliphatic hydroxyl groups is 1. The van der Waals surface area contributed by atoms with Gasteiger partial charge in [0.15, 0.2) is 5.82 Å². The lowest BCUT2D eigenvalue weighted by atomic mass is 10.1. The molecule has 0 aliphatic carbocycles. The maximum atomic E-state index is 12.4. The van der Waals surface area contributed by atoms with Crippen LogP contribution in [0.4, 0.5) is 19.0 Å². The number of nitrogens with two attached hydrogens (primary N) is 1. The van der Waals surface area contributed by atoms with Gasteiger partial charge < -0.3 is 15.4 Å². The van der Waals surface area contributed by atoms with E-state index in [1.54, 1.807) is 13.8 Å². The van der Waals surface area contributed by atoms with Crippen molar-refractivity contribution < 1.29 is 18.3 Å². The van der Waals surface area contributed by atoms with Gasteiger partial charge in [-0.25, -0.2) is 9.97 Å². The Hall–Kier alpha value is -2.35. The number of rotatable bonds is 6. The van der Waals surface area contributed by atoms with Crippen LogP contribution in [0.3, 0.4) is 0 Å². The molecule has 0 aliphatic rings. The van der Waals surface area contributed by atoms with Crippen LogP contribution < -0.4 is 5.73 Å². The number of anilines is 1. The quantitative estimate of drug-likeness (QED) is 0.628. The Morgan fingerprint density at radius 1 is 1.11 bits per heavy atom. The van der Waals surface area contributed by atoms with Crippen LogP contribution in [0.25, 0.3) is 21.9 Å². The second-order valence-corrected chi connectivity index (χ2v) is 7.46. The Balaban J connectivity index is 2.05. The number of hydrogen-bond acceptors (Lipinski definition) is 4. The number of alkyl halides is 3. The van der Waals surface area contributed by atoms with Crippen LogP contribution in [0.2, 0.25) is 0 Å². The van der Waals surface area contributed by atoms with Gasteiger partial charge in [-0.1, -0.05) is 18.2 Å². The van der Waals surface area contributed by atoms with Crippen molar-refractivity contribution in [2.24, 2.45) is 0 Å². The molecule has 0 unspecified atom stereocenters. The number of imidazole rings is 1. The number of unbranched alkanes of at least 4 members (excludes halogenated alkanes) is 1. The van der Waals surface area contributed by atoms with Gasteiger partial charge in [-0.15, -0.1) is 0 Å². The Labute approximate surface area is 155 Å². The van der Waals surface area contributed by atoms with E-state index < -0.39 is 18.2 Å². The SMILES string of the molecule is CC(C)(O)Cn1c(CCCCC(F)(F)F)nc2c(N)nc3ccccc3c21. The first kappa shape index (κ1) is 19.4. The molecule has 27 heavy (non-hydrogen) atoms. The fourth-order valence-electron chi connectivity index (χ4n) is 3.26. The molecule has 1 aromatic carbocycles. The van der Waals surface area contributed by atoms with Crippen molar-refractivity contribution in [3.63, 3.8) is 0 Å². The number of aryl methyl sites for hydroxylation is 1. The number of fused-ring (bicyclic) bond motifs is 3. The lowest BCUT2D eigenvalue weighted by Crippen LogP contribution is -2.27. The summed E-state index contributed by atoms with van der Waals surface area (Å²) >= 11 is 0. The normalized spacial score (nSPS) is 13.0. The average molecular weight is 380 g/mol. The van der Waals surface area contributed by atoms with Crippen LogP contribution in [-0.2, 0) is 13.0 Å². The van der Waals surface area contributed by atoms with Crippen molar-refractivity contribution in [1.82, 2.24) is 14.5 Å². The number of aromatic nitrogens is 3. The number of nitrogens with zero attached hydrogens (tertiary/aromatic N) is 3. The zero-order valence-electron chi connectivity index (χ0n) is 15.3. The zero-order chi connectivity index (χ0) is 19.8. The summed E-state index contributed by atoms with van der Waals surface area (Å²) in [5, 5.41) is 11.2. The van der Waals surface area contributed by atoms with E-state index in [-0.39, 0.29) is 18.8 Å². The van der Waals surface area contributed by atoms with Crippen LogP contribution in [0.15, 0.2) is 24.3 Å². The molecule has 5 nitrogen and oxygen atoms in total. The van der Waals surface area contributed by atoms with Crippen molar-refractivity contribution in [2.75, 3.05) is 5.73 Å². The van der Waals surface area contributed by atoms with Crippen molar-refractivity contribution in [1.29, 1.82) is 0 Å². The largest absolute Gasteiger partial charge is 0.389 e. The van der Waals surface area contributed by atoms with Crippen molar-refractivity contribution in [3.8, 4) is 0 Å². The van der Waals surface area contributed by atoms with E-state index in [1.165, 1.54) is 0 Å². The van der Waals surface area contributed by atoms with Gasteiger partial charge in [0.05, 0.1) is 23.2 Å². The maximum Gasteiger partial charge on any atom is 0.389 e. The molecule has 2 aromatic heterocycles. The standard InChI is InChI=1S/C19H23F3N4O/c1-18(2,27)11-26-14(9-5-6-10-19(20,21)22)25-15-16(26)12-7-3-4-8-13(12)24-17(15)23/h3-4,7-8,27H,5-6,9-11H2,1-2H3,(H2,23,24). The molecule has 3 rings (SSSR count). The first-order valence-corrected chi connectivity index (χ1v) is 8.88. The number of nitrogen functional groups attached to an aromatic ring is 1. The van der Waals surface area contributed by atoms with Gasteiger partial charge in [-0.05, 0) is 32.8 Å². The summed E-state index contributed by atoms with van der Waals surface area (Å²) in [6, 6.07) is 7.48. The molecule has 3 N–H and O–H groups in total. The van der Waals surface area contributed by atoms with Crippen molar-refractivity contribution in [2.45, 2.75) is 57.9 Å². The highest BCUT2D eigenvalue weighted by Crippen LogP contribution is 2.31. The van der Waals surface area contributed by atoms with Gasteiger partial charge in [0.2, 0.25) is 0 Å². The van der Waals surface area contributed by atoms with Crippen LogP contribution in [0.5, 0.6) is 0 Å². The molecule has 0 saturated heterocycles. The molecule has 0 amide bonds. The zero-order valence-corrected chi connectivity index (χ0v) is 15.3. The van der Waals surface area contributed by atoms with E-state index in [4.69, 9.17) is 5.73 Å². The molecule has 3 aromatic rings. The number of halogens is 3. The Morgan fingerprint density at radius 3 is 2.48 bits per heavy atom. The molecule has 146 valence electrons. The molecule has 0 fully saturated rings. The minimum absolute atomic E-state index is 0.0315. The minimum Gasteiger partial charge on any atom is -0.389 e. The molecule has 8 heteroatoms. The van der Waals surface area contributed by atoms with Gasteiger partial charge in [0.1, 0.15) is 11.3 Å². The molecule has 0 spiro atoms. The highest BCUT2D eigenvalue weighted by molar-refractivity contribution is 6.06. The third-order valence-electron chi connectivity index (χ3n) is 4.35. The van der Waals surface area contributed by atoms with E-state index in [0.717, 1.165) is 10.9 Å². The van der Waals surface area contributed by atoms with Gasteiger partial charge in [-0.3, -0.25) is 0 Å². The maximum absolute atomic E-state index is 12.4. The predicted molar refractivity (Wildman–Crippen MR) is 99.4 cm³/mol. The Bertz CT molecular complexity index is 957. The van der Waals surface area contributed by atoms with E-state index in [0.29, 0.717) is 29.7 Å². The van der Waals surface area contributed by atoms with Crippen molar-refractivity contribution in [3.05, 3.63) is 30.1 Å². The molecular weight excluding hydrogens is 357 g/mol. The second-order valence-electron chi connectivity index (χ2n) is 7.46. The van der Waals surface area contributed by atoms with Crippen LogP contribution in [0.1, 0.15) is 38.9 Å². The molecule has 0 saturated carbocycles. The lowest BCUT2D eigenvalue weighted by molar-refractivity contribution is -0.135. The lowest BCUT2D eigenvalue weighted by Gasteiger charge is -2.20. The number of para-hydroxylation sites is 1. The van der Waals surface area contributed by atoms with Gasteiger partial charge >= 0.3 is 6.18 Å². The molecule has 0 bridgehead atoms. The summed E-state index contributed by atoms with van der Waals surface area (Å²) in [5.41, 5.74) is 7.05. The Morgan fingerprint density at radius 2 is 1.81 bits per heavy atom. The fraction of sp³-hybridized carbons (Fsp3) is 0.474. The topological polar surface area (TPSA) is 77.0 Å². The monoisotopic (exact) mass is 380 g/mol. The summed E-state index contributed by atoms with van der Waals surface area (Å²) in [6.45, 7) is 3.61. The highest BCUT2D eigenvalue weighted by Gasteiger charge is 2.26. The summed E-state index contributed by atoms with van der Waals surface area (Å²) in [7, 11) is 0. The van der Waals surface area contributed by atoms with E-state index >= 15 is 0 Å². The summed E-state index contributed by atoms with van der Waals surface area (Å²) in [5.74, 6) is 0.883. The Kier molecular flexibility index (Phi) is 5.03. The minimum atomic E-state index is -4.15. The van der Waals surface area contributed by atoms with Crippen LogP contribution in [-0.4, -0.2) is 31.4 Å². The summed E-state index contributed by atoms with van der Waals surface area (Å²) in [6.07, 6.45) is -4.22. The molecule has 2 heterocycles. The summed E-state index contributed by atoms with van der Waals surface area (Å²) in [4.78, 5) is 8.94. The van der Waals surface area contributed by atoms with Crippen LogP contribution in [0, 0.1) is 0 Å². The number of pyridine rings is 1. The first-order chi connectivity index (χ1) is 12.6. The van der Waals surface area contributed by atoms with E-state index in [1.807, 2.05) is 28.8 Å². The predicted octanol–water partition coefficient (Wildman–Crippen LogP) is 4.21. The number of benzene rings is 1. The summed E-state index contributed by atoms with van der Waals surface area (Å²) < 4.78 is 39.1. The molecule has 0 radical (unpaired) electrons. The third-order valence-corrected chi connectivity index (χ3v) is 4.35. The van der Waals surface area contributed by atoms with E-state index in [2.05, 4.69) is 9.97 Å². The number of hydrogen-bond donors (Lipinski definition) is 2. The third kappa shape index (κ3) is 4.50. The molecule has 0 atom stereocenters. The van der Waals surface area contributed by atoms with E-state index in [9.17, 15) is 18.3 Å². The van der Waals surface area contributed by atoms with Crippen LogP contribution >= 0.6 is 0 Å². The van der Waals surface area contributed by atoms with Gasteiger partial charge in [-0.2, -0.15) is 13.2 Å². The highest BCUT2D eigenvalue weighted by atomic mass is 19.4.